The minimum absolute atomic E-state index is 1.17. The van der Waals surface area contributed by atoms with Crippen molar-refractivity contribution in [1.82, 2.24) is 14.1 Å². The highest BCUT2D eigenvalue weighted by atomic mass is 15.0. The normalized spacial score (nSPS) is 12.3. The quantitative estimate of drug-likeness (QED) is 0.217. The molecule has 0 fully saturated rings. The van der Waals surface area contributed by atoms with Crippen LogP contribution in [0.4, 0.5) is 0 Å². The molecule has 9 aromatic rings. The summed E-state index contributed by atoms with van der Waals surface area (Å²) in [6.07, 6.45) is 3.90. The van der Waals surface area contributed by atoms with Gasteiger partial charge in [0.1, 0.15) is 0 Å². The molecule has 0 atom stereocenters. The van der Waals surface area contributed by atoms with Crippen molar-refractivity contribution >= 4 is 54.4 Å². The van der Waals surface area contributed by atoms with Gasteiger partial charge in [-0.1, -0.05) is 78.9 Å². The maximum Gasteiger partial charge on any atom is 0.0542 e. The smallest absolute Gasteiger partial charge is 0.0542 e. The molecule has 0 spiro atoms. The van der Waals surface area contributed by atoms with Crippen LogP contribution in [0.25, 0.3) is 88.0 Å². The van der Waals surface area contributed by atoms with E-state index in [1.165, 1.54) is 88.0 Å². The Hall–Kier alpha value is -5.67. The zero-order valence-corrected chi connectivity index (χ0v) is 22.6. The maximum absolute atomic E-state index is 4.44. The second kappa shape index (κ2) is 7.96. The molecule has 0 unspecified atom stereocenters. The monoisotopic (exact) mass is 533 g/mol. The molecule has 0 bridgehead atoms. The van der Waals surface area contributed by atoms with E-state index in [4.69, 9.17) is 0 Å². The Morgan fingerprint density at radius 1 is 0.405 bits per heavy atom. The first-order valence-corrected chi connectivity index (χ1v) is 14.4. The van der Waals surface area contributed by atoms with Gasteiger partial charge in [0.05, 0.1) is 27.8 Å². The van der Waals surface area contributed by atoms with E-state index in [0.29, 0.717) is 0 Å². The van der Waals surface area contributed by atoms with Crippen molar-refractivity contribution in [3.05, 3.63) is 140 Å². The zero-order chi connectivity index (χ0) is 27.4. The number of para-hydroxylation sites is 3. The largest absolute Gasteiger partial charge is 0.309 e. The van der Waals surface area contributed by atoms with Crippen molar-refractivity contribution in [2.75, 3.05) is 0 Å². The number of pyridine rings is 1. The molecule has 42 heavy (non-hydrogen) atoms. The van der Waals surface area contributed by atoms with Gasteiger partial charge in [0.2, 0.25) is 0 Å². The van der Waals surface area contributed by atoms with Gasteiger partial charge < -0.3 is 9.13 Å². The third kappa shape index (κ3) is 2.72. The van der Waals surface area contributed by atoms with E-state index in [1.807, 2.05) is 12.4 Å². The summed E-state index contributed by atoms with van der Waals surface area (Å²) in [5, 5.41) is 7.63. The highest BCUT2D eigenvalue weighted by Gasteiger charge is 2.24. The summed E-state index contributed by atoms with van der Waals surface area (Å²) in [7, 11) is 0. The highest BCUT2D eigenvalue weighted by Crippen LogP contribution is 2.49. The lowest BCUT2D eigenvalue weighted by Crippen LogP contribution is -1.97. The van der Waals surface area contributed by atoms with Crippen molar-refractivity contribution in [1.29, 1.82) is 0 Å². The summed E-state index contributed by atoms with van der Waals surface area (Å²) in [6.45, 7) is 0. The average molecular weight is 534 g/mol. The lowest BCUT2D eigenvalue weighted by atomic mass is 10.0. The van der Waals surface area contributed by atoms with E-state index < -0.39 is 0 Å². The van der Waals surface area contributed by atoms with Crippen molar-refractivity contribution in [2.45, 2.75) is 0 Å². The van der Waals surface area contributed by atoms with Crippen molar-refractivity contribution in [2.24, 2.45) is 0 Å². The first-order valence-electron chi connectivity index (χ1n) is 14.4. The Morgan fingerprint density at radius 3 is 1.79 bits per heavy atom. The van der Waals surface area contributed by atoms with Gasteiger partial charge in [-0.2, -0.15) is 0 Å². The van der Waals surface area contributed by atoms with E-state index >= 15 is 0 Å². The summed E-state index contributed by atoms with van der Waals surface area (Å²) in [5.41, 5.74) is 12.3. The number of hydrogen-bond donors (Lipinski definition) is 0. The average Bonchev–Trinajstić information content (AvgIpc) is 3.68. The van der Waals surface area contributed by atoms with Gasteiger partial charge in [0, 0.05) is 50.6 Å². The van der Waals surface area contributed by atoms with Crippen LogP contribution in [0, 0.1) is 0 Å². The van der Waals surface area contributed by atoms with Crippen LogP contribution in [0.15, 0.2) is 140 Å². The van der Waals surface area contributed by atoms with Gasteiger partial charge in [0.15, 0.2) is 0 Å². The van der Waals surface area contributed by atoms with Gasteiger partial charge in [-0.05, 0) is 70.6 Å². The molecule has 1 aliphatic carbocycles. The molecule has 10 rings (SSSR count). The molecule has 0 aliphatic heterocycles. The van der Waals surface area contributed by atoms with E-state index in [9.17, 15) is 0 Å². The van der Waals surface area contributed by atoms with E-state index in [-0.39, 0.29) is 0 Å². The molecule has 0 radical (unpaired) electrons. The van der Waals surface area contributed by atoms with Crippen molar-refractivity contribution in [3.63, 3.8) is 0 Å². The number of aromatic nitrogens is 3. The molecule has 0 amide bonds. The molecule has 1 aliphatic rings. The second-order valence-corrected chi connectivity index (χ2v) is 11.2. The third-order valence-corrected chi connectivity index (χ3v) is 9.15. The second-order valence-electron chi connectivity index (χ2n) is 11.2. The van der Waals surface area contributed by atoms with Gasteiger partial charge in [-0.25, -0.2) is 0 Å². The first-order chi connectivity index (χ1) is 20.9. The Morgan fingerprint density at radius 2 is 1.02 bits per heavy atom. The van der Waals surface area contributed by atoms with E-state index in [0.717, 1.165) is 0 Å². The molecular formula is C39H23N3. The summed E-state index contributed by atoms with van der Waals surface area (Å²) in [5.74, 6) is 0. The van der Waals surface area contributed by atoms with Crippen molar-refractivity contribution < 1.29 is 0 Å². The summed E-state index contributed by atoms with van der Waals surface area (Å²) in [4.78, 5) is 4.44. The third-order valence-electron chi connectivity index (χ3n) is 9.15. The van der Waals surface area contributed by atoms with Crippen LogP contribution in [-0.2, 0) is 0 Å². The van der Waals surface area contributed by atoms with Crippen LogP contribution in [0.3, 0.4) is 0 Å². The number of rotatable bonds is 2. The van der Waals surface area contributed by atoms with Crippen LogP contribution in [0.5, 0.6) is 0 Å². The molecule has 6 aromatic carbocycles. The van der Waals surface area contributed by atoms with Gasteiger partial charge in [-0.3, -0.25) is 4.98 Å². The minimum Gasteiger partial charge on any atom is -0.309 e. The standard InChI is InChI=1S/C39H23N3/c1-4-13-34-26(8-1)27-9-2-5-14-35(27)41(34)24-16-18-38-32(22-24)28-10-3-6-15-36(28)42(38)37-19-17-30-33-23-40-21-20-25(33)29-11-7-12-31(37)39(29)30/h1-23H. The van der Waals surface area contributed by atoms with Crippen LogP contribution in [-0.4, -0.2) is 14.1 Å². The maximum atomic E-state index is 4.44. The Balaban J connectivity index is 1.28. The summed E-state index contributed by atoms with van der Waals surface area (Å²) < 4.78 is 4.85. The Kier molecular flexibility index (Phi) is 4.18. The number of nitrogens with zero attached hydrogens (tertiary/aromatic N) is 3. The molecule has 3 heterocycles. The topological polar surface area (TPSA) is 22.8 Å². The lowest BCUT2D eigenvalue weighted by molar-refractivity contribution is 1.17. The molecule has 194 valence electrons. The highest BCUT2D eigenvalue weighted by molar-refractivity contribution is 6.19. The first kappa shape index (κ1) is 22.1. The van der Waals surface area contributed by atoms with Crippen LogP contribution in [0.2, 0.25) is 0 Å². The summed E-state index contributed by atoms with van der Waals surface area (Å²) >= 11 is 0. The molecule has 3 aromatic heterocycles. The van der Waals surface area contributed by atoms with Crippen molar-refractivity contribution in [3.8, 4) is 33.6 Å². The predicted octanol–water partition coefficient (Wildman–Crippen LogP) is 10.1. The SMILES string of the molecule is c1cc2c3c(ccc(-n4c5ccccc5c5cc(-n6c7ccccc7c7ccccc76)ccc54)c3c1)-c1cnccc1-2. The molecule has 0 saturated carbocycles. The fourth-order valence-corrected chi connectivity index (χ4v) is 7.44. The fourth-order valence-electron chi connectivity index (χ4n) is 7.44. The molecular weight excluding hydrogens is 510 g/mol. The van der Waals surface area contributed by atoms with E-state index in [2.05, 4.69) is 142 Å². The zero-order valence-electron chi connectivity index (χ0n) is 22.6. The van der Waals surface area contributed by atoms with Crippen LogP contribution >= 0.6 is 0 Å². The van der Waals surface area contributed by atoms with Gasteiger partial charge >= 0.3 is 0 Å². The predicted molar refractivity (Wildman–Crippen MR) is 175 cm³/mol. The lowest BCUT2D eigenvalue weighted by Gasteiger charge is -2.14. The number of benzene rings is 6. The van der Waals surface area contributed by atoms with Crippen LogP contribution < -0.4 is 0 Å². The minimum atomic E-state index is 1.17. The van der Waals surface area contributed by atoms with Crippen LogP contribution in [0.1, 0.15) is 0 Å². The van der Waals surface area contributed by atoms with Gasteiger partial charge in [-0.15, -0.1) is 0 Å². The fraction of sp³-hybridized carbons (Fsp3) is 0. The molecule has 0 N–H and O–H groups in total. The number of hydrogen-bond acceptors (Lipinski definition) is 1. The van der Waals surface area contributed by atoms with Gasteiger partial charge in [0.25, 0.3) is 0 Å². The Bertz CT molecular complexity index is 2500. The van der Waals surface area contributed by atoms with E-state index in [1.54, 1.807) is 0 Å². The summed E-state index contributed by atoms with van der Waals surface area (Å²) in [6, 6.07) is 46.6. The molecule has 3 heteroatoms. The molecule has 0 saturated heterocycles. The number of fused-ring (bicyclic) bond motifs is 9. The molecule has 3 nitrogen and oxygen atoms in total. The Labute approximate surface area is 241 Å².